The zero-order chi connectivity index (χ0) is 23.9. The van der Waals surface area contributed by atoms with Crippen LogP contribution in [0, 0.1) is 0 Å². The van der Waals surface area contributed by atoms with E-state index in [4.69, 9.17) is 0 Å². The number of anilines is 3. The maximum atomic E-state index is 14.1. The van der Waals surface area contributed by atoms with E-state index in [1.165, 1.54) is 11.0 Å². The number of alkyl halides is 2. The van der Waals surface area contributed by atoms with Crippen LogP contribution in [0.1, 0.15) is 44.7 Å². The first-order valence-corrected chi connectivity index (χ1v) is 10.8. The number of rotatable bonds is 4. The number of carbonyl (C=O) groups is 1. The van der Waals surface area contributed by atoms with Crippen molar-refractivity contribution in [2.45, 2.75) is 45.6 Å². The summed E-state index contributed by atoms with van der Waals surface area (Å²) in [5.74, 6) is 0.819. The summed E-state index contributed by atoms with van der Waals surface area (Å²) in [5, 5.41) is 13.9. The van der Waals surface area contributed by atoms with Gasteiger partial charge in [-0.25, -0.2) is 18.6 Å². The van der Waals surface area contributed by atoms with Crippen molar-refractivity contribution in [2.24, 2.45) is 7.05 Å². The minimum atomic E-state index is -2.66. The number of carboxylic acid groups (broad SMARTS) is 1. The Morgan fingerprint density at radius 1 is 1.24 bits per heavy atom. The topological polar surface area (TPSA) is 74.5 Å². The van der Waals surface area contributed by atoms with Crippen LogP contribution in [0.5, 0.6) is 0 Å². The third-order valence-electron chi connectivity index (χ3n) is 5.71. The number of amides is 1. The predicted molar refractivity (Wildman–Crippen MR) is 123 cm³/mol. The third kappa shape index (κ3) is 4.40. The molecule has 0 saturated heterocycles. The van der Waals surface area contributed by atoms with Crippen LogP contribution in [0.15, 0.2) is 42.7 Å². The molecular weight excluding hydrogens is 428 g/mol. The molecule has 1 aromatic carbocycles. The van der Waals surface area contributed by atoms with Crippen molar-refractivity contribution < 1.29 is 18.7 Å². The zero-order valence-electron chi connectivity index (χ0n) is 19.1. The Morgan fingerprint density at radius 2 is 2.00 bits per heavy atom. The average molecular weight is 456 g/mol. The molecular formula is C24H27F2N5O2. The number of aryl methyl sites for hydroxylation is 2. The molecule has 33 heavy (non-hydrogen) atoms. The van der Waals surface area contributed by atoms with E-state index in [-0.39, 0.29) is 5.56 Å². The lowest BCUT2D eigenvalue weighted by Crippen LogP contribution is -2.45. The van der Waals surface area contributed by atoms with E-state index in [0.717, 1.165) is 18.4 Å². The number of pyridine rings is 1. The van der Waals surface area contributed by atoms with Gasteiger partial charge in [-0.05, 0) is 69.0 Å². The molecule has 3 aromatic rings. The van der Waals surface area contributed by atoms with E-state index >= 15 is 0 Å². The number of hydrogen-bond donors (Lipinski definition) is 1. The van der Waals surface area contributed by atoms with Crippen LogP contribution in [0.25, 0.3) is 11.1 Å². The molecule has 174 valence electrons. The fourth-order valence-electron chi connectivity index (χ4n) is 4.29. The van der Waals surface area contributed by atoms with Crippen molar-refractivity contribution in [1.29, 1.82) is 0 Å². The second-order valence-electron chi connectivity index (χ2n) is 9.17. The van der Waals surface area contributed by atoms with E-state index in [9.17, 15) is 18.7 Å². The molecule has 0 bridgehead atoms. The zero-order valence-corrected chi connectivity index (χ0v) is 19.1. The first kappa shape index (κ1) is 22.7. The molecule has 0 spiro atoms. The molecule has 1 aliphatic rings. The molecule has 0 fully saturated rings. The van der Waals surface area contributed by atoms with Crippen molar-refractivity contribution in [3.05, 3.63) is 53.9 Å². The highest BCUT2D eigenvalue weighted by Crippen LogP contribution is 2.41. The Morgan fingerprint density at radius 3 is 2.61 bits per heavy atom. The van der Waals surface area contributed by atoms with Gasteiger partial charge in [-0.1, -0.05) is 6.07 Å². The Labute approximate surface area is 191 Å². The summed E-state index contributed by atoms with van der Waals surface area (Å²) in [6, 6.07) is 8.52. The van der Waals surface area contributed by atoms with Gasteiger partial charge >= 0.3 is 6.09 Å². The molecule has 1 aliphatic heterocycles. The lowest BCUT2D eigenvalue weighted by Gasteiger charge is -2.34. The van der Waals surface area contributed by atoms with Crippen LogP contribution < -0.4 is 9.80 Å². The quantitative estimate of drug-likeness (QED) is 0.539. The SMILES string of the molecule is Cn1cc(-c2cc3c(cc2C(F)F)N(c2cccc(N(C(=O)O)C(C)(C)C)n2)CCC3)cn1. The van der Waals surface area contributed by atoms with Crippen molar-refractivity contribution in [2.75, 3.05) is 16.3 Å². The van der Waals surface area contributed by atoms with Gasteiger partial charge in [-0.15, -0.1) is 0 Å². The Kier molecular flexibility index (Phi) is 5.82. The maximum absolute atomic E-state index is 14.1. The highest BCUT2D eigenvalue weighted by atomic mass is 19.3. The fraction of sp³-hybridized carbons (Fsp3) is 0.375. The van der Waals surface area contributed by atoms with Gasteiger partial charge in [0.25, 0.3) is 6.43 Å². The van der Waals surface area contributed by atoms with Gasteiger partial charge < -0.3 is 10.0 Å². The van der Waals surface area contributed by atoms with Gasteiger partial charge in [0.05, 0.1) is 6.20 Å². The van der Waals surface area contributed by atoms with E-state index < -0.39 is 18.1 Å². The first-order chi connectivity index (χ1) is 15.6. The summed E-state index contributed by atoms with van der Waals surface area (Å²) < 4.78 is 29.7. The lowest BCUT2D eigenvalue weighted by molar-refractivity contribution is 0.152. The second-order valence-corrected chi connectivity index (χ2v) is 9.17. The number of nitrogens with zero attached hydrogens (tertiary/aromatic N) is 5. The first-order valence-electron chi connectivity index (χ1n) is 10.8. The van der Waals surface area contributed by atoms with Gasteiger partial charge in [-0.3, -0.25) is 9.58 Å². The number of fused-ring (bicyclic) bond motifs is 1. The molecule has 0 radical (unpaired) electrons. The molecule has 7 nitrogen and oxygen atoms in total. The molecule has 0 aliphatic carbocycles. The van der Waals surface area contributed by atoms with E-state index in [0.29, 0.717) is 35.0 Å². The Balaban J connectivity index is 1.81. The molecule has 0 saturated carbocycles. The van der Waals surface area contributed by atoms with E-state index in [2.05, 4.69) is 10.1 Å². The largest absolute Gasteiger partial charge is 0.465 e. The summed E-state index contributed by atoms with van der Waals surface area (Å²) >= 11 is 0. The summed E-state index contributed by atoms with van der Waals surface area (Å²) in [5.41, 5.74) is 1.99. The Hall–Kier alpha value is -3.49. The molecule has 2 aromatic heterocycles. The van der Waals surface area contributed by atoms with Gasteiger partial charge in [-0.2, -0.15) is 5.10 Å². The molecule has 0 atom stereocenters. The summed E-state index contributed by atoms with van der Waals surface area (Å²) in [6.07, 6.45) is 1.13. The second kappa shape index (κ2) is 8.46. The van der Waals surface area contributed by atoms with Gasteiger partial charge in [0.15, 0.2) is 0 Å². The van der Waals surface area contributed by atoms with Crippen LogP contribution in [0.3, 0.4) is 0 Å². The number of halogens is 2. The smallest absolute Gasteiger partial charge is 0.413 e. The van der Waals surface area contributed by atoms with Crippen LogP contribution in [0.4, 0.5) is 30.9 Å². The highest BCUT2D eigenvalue weighted by molar-refractivity contribution is 5.86. The van der Waals surface area contributed by atoms with Crippen molar-refractivity contribution in [3.63, 3.8) is 0 Å². The standard InChI is InChI=1S/C24H27F2N5O2/c1-24(2,3)31(23(32)33)21-9-5-8-20(28-21)30-10-6-7-15-11-17(16-13-27-29(4)14-16)18(22(25)26)12-19(15)30/h5,8-9,11-14,22H,6-7,10H2,1-4H3,(H,32,33). The van der Waals surface area contributed by atoms with Gasteiger partial charge in [0, 0.05) is 42.1 Å². The number of hydrogen-bond acceptors (Lipinski definition) is 4. The average Bonchev–Trinajstić information content (AvgIpc) is 3.17. The van der Waals surface area contributed by atoms with E-state index in [1.807, 2.05) is 11.0 Å². The minimum absolute atomic E-state index is 0.0633. The van der Waals surface area contributed by atoms with Crippen LogP contribution in [-0.2, 0) is 13.5 Å². The lowest BCUT2D eigenvalue weighted by atomic mass is 9.93. The predicted octanol–water partition coefficient (Wildman–Crippen LogP) is 5.79. The van der Waals surface area contributed by atoms with Crippen molar-refractivity contribution in [1.82, 2.24) is 14.8 Å². The molecule has 4 rings (SSSR count). The molecule has 9 heteroatoms. The maximum Gasteiger partial charge on any atom is 0.413 e. The summed E-state index contributed by atoms with van der Waals surface area (Å²) in [6.45, 7) is 5.97. The number of benzene rings is 1. The minimum Gasteiger partial charge on any atom is -0.465 e. The van der Waals surface area contributed by atoms with E-state index in [1.54, 1.807) is 63.1 Å². The monoisotopic (exact) mass is 455 g/mol. The van der Waals surface area contributed by atoms with Crippen LogP contribution in [-0.4, -0.2) is 38.0 Å². The van der Waals surface area contributed by atoms with Gasteiger partial charge in [0.2, 0.25) is 0 Å². The van der Waals surface area contributed by atoms with Crippen LogP contribution >= 0.6 is 0 Å². The summed E-state index contributed by atoms with van der Waals surface area (Å²) in [7, 11) is 1.75. The van der Waals surface area contributed by atoms with Crippen molar-refractivity contribution in [3.8, 4) is 11.1 Å². The molecule has 0 unspecified atom stereocenters. The highest BCUT2D eigenvalue weighted by Gasteiger charge is 2.30. The summed E-state index contributed by atoms with van der Waals surface area (Å²) in [4.78, 5) is 19.6. The third-order valence-corrected chi connectivity index (χ3v) is 5.71. The van der Waals surface area contributed by atoms with Gasteiger partial charge in [0.1, 0.15) is 11.6 Å². The Bertz CT molecular complexity index is 1190. The number of aromatic nitrogens is 3. The molecule has 3 heterocycles. The van der Waals surface area contributed by atoms with Crippen molar-refractivity contribution >= 4 is 23.4 Å². The molecule has 1 N–H and O–H groups in total. The van der Waals surface area contributed by atoms with Crippen LogP contribution in [0.2, 0.25) is 0 Å². The fourth-order valence-corrected chi connectivity index (χ4v) is 4.29. The molecule has 1 amide bonds. The normalized spacial score (nSPS) is 13.8.